The second-order valence-electron chi connectivity index (χ2n) is 3.98. The topological polar surface area (TPSA) is 52.7 Å². The van der Waals surface area contributed by atoms with Crippen molar-refractivity contribution in [3.05, 3.63) is 34.4 Å². The first-order valence-electron chi connectivity index (χ1n) is 5.87. The Hall–Kier alpha value is -1.62. The van der Waals surface area contributed by atoms with Gasteiger partial charge >= 0.3 is 0 Å². The summed E-state index contributed by atoms with van der Waals surface area (Å²) in [6.45, 7) is 4.52. The van der Waals surface area contributed by atoms with Crippen LogP contribution in [0.1, 0.15) is 35.7 Å². The van der Waals surface area contributed by atoms with Crippen LogP contribution in [0.15, 0.2) is 12.3 Å². The van der Waals surface area contributed by atoms with Crippen molar-refractivity contribution in [1.29, 1.82) is 0 Å². The molecule has 0 aliphatic rings. The predicted molar refractivity (Wildman–Crippen MR) is 68.9 cm³/mol. The third-order valence-corrected chi connectivity index (χ3v) is 3.11. The van der Waals surface area contributed by atoms with Gasteiger partial charge < -0.3 is 0 Å². The van der Waals surface area contributed by atoms with Crippen LogP contribution in [-0.4, -0.2) is 25.3 Å². The lowest BCUT2D eigenvalue weighted by molar-refractivity contribution is 0.102. The third-order valence-electron chi connectivity index (χ3n) is 2.83. The van der Waals surface area contributed by atoms with Crippen molar-refractivity contribution in [3.63, 3.8) is 0 Å². The molecule has 0 atom stereocenters. The van der Waals surface area contributed by atoms with Gasteiger partial charge in [0, 0.05) is 13.6 Å². The molecule has 2 aromatic heterocycles. The van der Waals surface area contributed by atoms with Gasteiger partial charge in [0.2, 0.25) is 5.78 Å². The number of hydrogen-bond acceptors (Lipinski definition) is 3. The van der Waals surface area contributed by atoms with E-state index in [2.05, 4.69) is 10.2 Å². The van der Waals surface area contributed by atoms with Crippen molar-refractivity contribution in [2.24, 2.45) is 7.05 Å². The maximum absolute atomic E-state index is 12.5. The summed E-state index contributed by atoms with van der Waals surface area (Å²) in [5.41, 5.74) is 1.84. The van der Waals surface area contributed by atoms with Crippen molar-refractivity contribution >= 4 is 17.4 Å². The summed E-state index contributed by atoms with van der Waals surface area (Å²) in [7, 11) is 1.76. The fourth-order valence-corrected chi connectivity index (χ4v) is 2.09. The number of nitrogens with zero attached hydrogens (tertiary/aromatic N) is 4. The maximum Gasteiger partial charge on any atom is 0.230 e. The molecule has 0 fully saturated rings. The summed E-state index contributed by atoms with van der Waals surface area (Å²) in [6, 6.07) is 1.80. The number of hydrogen-bond donors (Lipinski definition) is 0. The highest BCUT2D eigenvalue weighted by Gasteiger charge is 2.21. The molecule has 0 spiro atoms. The number of aryl methyl sites for hydroxylation is 3. The van der Waals surface area contributed by atoms with E-state index < -0.39 is 0 Å². The Bertz CT molecular complexity index is 585. The molecule has 18 heavy (non-hydrogen) atoms. The summed E-state index contributed by atoms with van der Waals surface area (Å²) in [5, 5.41) is 8.72. The zero-order valence-electron chi connectivity index (χ0n) is 10.6. The lowest BCUT2D eigenvalue weighted by Gasteiger charge is -2.04. The van der Waals surface area contributed by atoms with Gasteiger partial charge in [0.25, 0.3) is 0 Å². The molecule has 0 saturated carbocycles. The van der Waals surface area contributed by atoms with Crippen LogP contribution in [0.5, 0.6) is 0 Å². The third kappa shape index (κ3) is 2.06. The highest BCUT2D eigenvalue weighted by Crippen LogP contribution is 2.19. The summed E-state index contributed by atoms with van der Waals surface area (Å²) < 4.78 is 3.19. The monoisotopic (exact) mass is 266 g/mol. The van der Waals surface area contributed by atoms with Gasteiger partial charge in [0.05, 0.1) is 16.9 Å². The minimum absolute atomic E-state index is 0.144. The molecule has 96 valence electrons. The van der Waals surface area contributed by atoms with E-state index in [0.717, 1.165) is 12.1 Å². The van der Waals surface area contributed by atoms with Crippen LogP contribution in [0, 0.1) is 0 Å². The average Bonchev–Trinajstić information content (AvgIpc) is 2.91. The zero-order chi connectivity index (χ0) is 13.3. The number of halogens is 1. The van der Waals surface area contributed by atoms with Crippen molar-refractivity contribution in [1.82, 2.24) is 19.6 Å². The van der Waals surface area contributed by atoms with Gasteiger partial charge in [0.15, 0.2) is 0 Å². The molecular formula is C12H15ClN4O. The first-order valence-corrected chi connectivity index (χ1v) is 6.25. The molecule has 0 N–H and O–H groups in total. The number of ketones is 1. The minimum Gasteiger partial charge on any atom is -0.285 e. The van der Waals surface area contributed by atoms with Crippen LogP contribution in [-0.2, 0) is 20.0 Å². The van der Waals surface area contributed by atoms with Gasteiger partial charge in [-0.2, -0.15) is 10.2 Å². The Kier molecular flexibility index (Phi) is 3.52. The number of carbonyl (C=O) groups excluding carboxylic acids is 1. The molecule has 6 heteroatoms. The van der Waals surface area contributed by atoms with E-state index in [1.54, 1.807) is 22.5 Å². The first kappa shape index (κ1) is 12.8. The molecule has 0 aliphatic heterocycles. The number of aromatic nitrogens is 4. The molecule has 0 saturated heterocycles. The Morgan fingerprint density at radius 1 is 1.44 bits per heavy atom. The summed E-state index contributed by atoms with van der Waals surface area (Å²) in [5.74, 6) is -0.144. The van der Waals surface area contributed by atoms with Crippen LogP contribution in [0.2, 0.25) is 5.02 Å². The minimum atomic E-state index is -0.144. The van der Waals surface area contributed by atoms with E-state index in [0.29, 0.717) is 23.0 Å². The molecule has 0 aromatic carbocycles. The van der Waals surface area contributed by atoms with Gasteiger partial charge in [0.1, 0.15) is 11.4 Å². The fourth-order valence-electron chi connectivity index (χ4n) is 1.86. The second kappa shape index (κ2) is 4.94. The quantitative estimate of drug-likeness (QED) is 0.796. The Balaban J connectivity index is 2.47. The van der Waals surface area contributed by atoms with Gasteiger partial charge in [-0.1, -0.05) is 18.5 Å². The van der Waals surface area contributed by atoms with Gasteiger partial charge in [-0.15, -0.1) is 0 Å². The molecule has 2 aromatic rings. The summed E-state index contributed by atoms with van der Waals surface area (Å²) >= 11 is 6.03. The van der Waals surface area contributed by atoms with Crippen LogP contribution in [0.3, 0.4) is 0 Å². The van der Waals surface area contributed by atoms with E-state index in [9.17, 15) is 4.79 Å². The SMILES string of the molecule is CCc1cc(C(=O)c2c(Cl)cnn2CC)n(C)n1. The first-order chi connectivity index (χ1) is 8.58. The number of rotatable bonds is 4. The van der Waals surface area contributed by atoms with Crippen molar-refractivity contribution < 1.29 is 4.79 Å². The molecule has 0 bridgehead atoms. The van der Waals surface area contributed by atoms with E-state index in [1.165, 1.54) is 6.20 Å². The second-order valence-corrected chi connectivity index (χ2v) is 4.39. The highest BCUT2D eigenvalue weighted by atomic mass is 35.5. The van der Waals surface area contributed by atoms with Crippen LogP contribution in [0.25, 0.3) is 0 Å². The molecule has 2 rings (SSSR count). The largest absolute Gasteiger partial charge is 0.285 e. The number of carbonyl (C=O) groups is 1. The molecule has 0 radical (unpaired) electrons. The van der Waals surface area contributed by atoms with Crippen molar-refractivity contribution in [2.45, 2.75) is 26.8 Å². The Morgan fingerprint density at radius 3 is 2.72 bits per heavy atom. The zero-order valence-corrected chi connectivity index (χ0v) is 11.4. The van der Waals surface area contributed by atoms with Gasteiger partial charge in [-0.3, -0.25) is 14.2 Å². The molecule has 0 amide bonds. The van der Waals surface area contributed by atoms with Gasteiger partial charge in [-0.25, -0.2) is 0 Å². The lowest BCUT2D eigenvalue weighted by Crippen LogP contribution is -2.14. The highest BCUT2D eigenvalue weighted by molar-refractivity contribution is 6.34. The lowest BCUT2D eigenvalue weighted by atomic mass is 10.2. The van der Waals surface area contributed by atoms with E-state index in [1.807, 2.05) is 13.8 Å². The summed E-state index contributed by atoms with van der Waals surface area (Å²) in [6.07, 6.45) is 2.29. The molecular weight excluding hydrogens is 252 g/mol. The van der Waals surface area contributed by atoms with Crippen LogP contribution < -0.4 is 0 Å². The Morgan fingerprint density at radius 2 is 2.17 bits per heavy atom. The molecule has 2 heterocycles. The summed E-state index contributed by atoms with van der Waals surface area (Å²) in [4.78, 5) is 12.5. The fraction of sp³-hybridized carbons (Fsp3) is 0.417. The average molecular weight is 267 g/mol. The van der Waals surface area contributed by atoms with Crippen molar-refractivity contribution in [2.75, 3.05) is 0 Å². The van der Waals surface area contributed by atoms with Crippen molar-refractivity contribution in [3.8, 4) is 0 Å². The van der Waals surface area contributed by atoms with Gasteiger partial charge in [-0.05, 0) is 19.4 Å². The van der Waals surface area contributed by atoms with E-state index in [4.69, 9.17) is 11.6 Å². The molecule has 5 nitrogen and oxygen atoms in total. The van der Waals surface area contributed by atoms with E-state index >= 15 is 0 Å². The Labute approximate surface area is 110 Å². The normalized spacial score (nSPS) is 10.9. The van der Waals surface area contributed by atoms with E-state index in [-0.39, 0.29) is 5.78 Å². The molecule has 0 unspecified atom stereocenters. The van der Waals surface area contributed by atoms with Crippen LogP contribution >= 0.6 is 11.6 Å². The van der Waals surface area contributed by atoms with Crippen LogP contribution in [0.4, 0.5) is 0 Å². The standard InChI is InChI=1S/C12H15ClN4O/c1-4-8-6-10(16(3)15-8)12(18)11-9(13)7-14-17(11)5-2/h6-7H,4-5H2,1-3H3. The molecule has 0 aliphatic carbocycles. The predicted octanol–water partition coefficient (Wildman–Crippen LogP) is 2.08. The smallest absolute Gasteiger partial charge is 0.230 e. The maximum atomic E-state index is 12.5.